The normalized spacial score (nSPS) is 10.1. The molecule has 18 heavy (non-hydrogen) atoms. The van der Waals surface area contributed by atoms with Gasteiger partial charge in [-0.2, -0.15) is 0 Å². The monoisotopic (exact) mass is 243 g/mol. The van der Waals surface area contributed by atoms with Gasteiger partial charge in [0, 0.05) is 18.3 Å². The highest BCUT2D eigenvalue weighted by molar-refractivity contribution is 5.69. The van der Waals surface area contributed by atoms with Crippen molar-refractivity contribution in [2.24, 2.45) is 0 Å². The van der Waals surface area contributed by atoms with Gasteiger partial charge in [-0.05, 0) is 12.5 Å². The molecule has 0 aliphatic carbocycles. The van der Waals surface area contributed by atoms with Crippen molar-refractivity contribution >= 4 is 11.5 Å². The van der Waals surface area contributed by atoms with Crippen LogP contribution in [-0.2, 0) is 6.54 Å². The number of pyridine rings is 1. The van der Waals surface area contributed by atoms with Crippen molar-refractivity contribution in [3.63, 3.8) is 0 Å². The number of hydrogen-bond donors (Lipinski definition) is 2. The number of nitrogens with two attached hydrogens (primary N) is 1. The second-order valence-electron chi connectivity index (χ2n) is 4.07. The van der Waals surface area contributed by atoms with Crippen LogP contribution in [0, 0.1) is 6.92 Å². The molecule has 2 aromatic rings. The van der Waals surface area contributed by atoms with Gasteiger partial charge in [0.05, 0.1) is 7.11 Å². The summed E-state index contributed by atoms with van der Waals surface area (Å²) in [5.74, 6) is 1.31. The first-order chi connectivity index (χ1) is 8.70. The van der Waals surface area contributed by atoms with Gasteiger partial charge in [0.2, 0.25) is 0 Å². The van der Waals surface area contributed by atoms with E-state index in [1.807, 2.05) is 31.2 Å². The van der Waals surface area contributed by atoms with Gasteiger partial charge in [0.25, 0.3) is 0 Å². The molecule has 0 fully saturated rings. The summed E-state index contributed by atoms with van der Waals surface area (Å²) in [4.78, 5) is 4.38. The van der Waals surface area contributed by atoms with Crippen molar-refractivity contribution < 1.29 is 4.74 Å². The highest BCUT2D eigenvalue weighted by Crippen LogP contribution is 2.28. The number of nitrogen functional groups attached to an aromatic ring is 1. The van der Waals surface area contributed by atoms with Crippen molar-refractivity contribution in [3.05, 3.63) is 47.7 Å². The van der Waals surface area contributed by atoms with Crippen molar-refractivity contribution in [1.82, 2.24) is 4.98 Å². The van der Waals surface area contributed by atoms with Crippen LogP contribution < -0.4 is 15.8 Å². The van der Waals surface area contributed by atoms with E-state index in [1.54, 1.807) is 7.11 Å². The number of aromatic nitrogens is 1. The molecule has 0 saturated heterocycles. The first kappa shape index (κ1) is 12.2. The topological polar surface area (TPSA) is 60.2 Å². The molecule has 0 bridgehead atoms. The third-order valence-corrected chi connectivity index (χ3v) is 2.67. The van der Waals surface area contributed by atoms with Crippen LogP contribution >= 0.6 is 0 Å². The van der Waals surface area contributed by atoms with Gasteiger partial charge in [-0.15, -0.1) is 0 Å². The third-order valence-electron chi connectivity index (χ3n) is 2.67. The summed E-state index contributed by atoms with van der Waals surface area (Å²) in [5.41, 5.74) is 8.57. The molecule has 1 aromatic heterocycles. The van der Waals surface area contributed by atoms with Crippen LogP contribution in [0.4, 0.5) is 11.5 Å². The van der Waals surface area contributed by atoms with E-state index in [1.165, 1.54) is 5.56 Å². The Morgan fingerprint density at radius 2 is 2.00 bits per heavy atom. The van der Waals surface area contributed by atoms with Gasteiger partial charge in [0.15, 0.2) is 5.82 Å². The number of anilines is 2. The smallest absolute Gasteiger partial charge is 0.153 e. The van der Waals surface area contributed by atoms with E-state index >= 15 is 0 Å². The maximum atomic E-state index is 5.98. The molecule has 4 heteroatoms. The summed E-state index contributed by atoms with van der Waals surface area (Å²) < 4.78 is 5.21. The summed E-state index contributed by atoms with van der Waals surface area (Å²) in [6.45, 7) is 2.60. The van der Waals surface area contributed by atoms with Crippen LogP contribution in [0.1, 0.15) is 11.3 Å². The average Bonchev–Trinajstić information content (AvgIpc) is 2.40. The lowest BCUT2D eigenvalue weighted by Crippen LogP contribution is -2.06. The largest absolute Gasteiger partial charge is 0.494 e. The molecule has 1 heterocycles. The maximum absolute atomic E-state index is 5.98. The SMILES string of the molecule is COc1cc(C)nc(NCc2ccccc2)c1N. The van der Waals surface area contributed by atoms with Gasteiger partial charge < -0.3 is 15.8 Å². The number of benzene rings is 1. The van der Waals surface area contributed by atoms with Gasteiger partial charge in [0.1, 0.15) is 11.4 Å². The molecule has 3 N–H and O–H groups in total. The molecule has 0 atom stereocenters. The van der Waals surface area contributed by atoms with Crippen molar-refractivity contribution in [3.8, 4) is 5.75 Å². The number of nitrogens with zero attached hydrogens (tertiary/aromatic N) is 1. The molecule has 0 saturated carbocycles. The lowest BCUT2D eigenvalue weighted by molar-refractivity contribution is 0.416. The second kappa shape index (κ2) is 5.40. The number of ether oxygens (including phenoxy) is 1. The van der Waals surface area contributed by atoms with Gasteiger partial charge in [-0.1, -0.05) is 30.3 Å². The molecule has 2 rings (SSSR count). The highest BCUT2D eigenvalue weighted by atomic mass is 16.5. The van der Waals surface area contributed by atoms with Crippen LogP contribution in [0.2, 0.25) is 0 Å². The first-order valence-electron chi connectivity index (χ1n) is 5.79. The molecular formula is C14H17N3O. The van der Waals surface area contributed by atoms with Crippen molar-refractivity contribution in [2.75, 3.05) is 18.2 Å². The average molecular weight is 243 g/mol. The predicted molar refractivity (Wildman–Crippen MR) is 73.7 cm³/mol. The van der Waals surface area contributed by atoms with Crippen LogP contribution in [-0.4, -0.2) is 12.1 Å². The molecule has 0 aliphatic rings. The number of rotatable bonds is 4. The first-order valence-corrected chi connectivity index (χ1v) is 5.79. The van der Waals surface area contributed by atoms with E-state index in [2.05, 4.69) is 22.4 Å². The summed E-state index contributed by atoms with van der Waals surface area (Å²) in [5, 5.41) is 3.23. The second-order valence-corrected chi connectivity index (χ2v) is 4.07. The van der Waals surface area contributed by atoms with E-state index in [9.17, 15) is 0 Å². The summed E-state index contributed by atoms with van der Waals surface area (Å²) in [6, 6.07) is 11.9. The Balaban J connectivity index is 2.17. The molecule has 0 unspecified atom stereocenters. The fraction of sp³-hybridized carbons (Fsp3) is 0.214. The fourth-order valence-electron chi connectivity index (χ4n) is 1.74. The fourth-order valence-corrected chi connectivity index (χ4v) is 1.74. The van der Waals surface area contributed by atoms with Crippen LogP contribution in [0.5, 0.6) is 5.75 Å². The Morgan fingerprint density at radius 1 is 1.28 bits per heavy atom. The Labute approximate surface area is 107 Å². The van der Waals surface area contributed by atoms with E-state index in [-0.39, 0.29) is 0 Å². The molecule has 94 valence electrons. The molecule has 4 nitrogen and oxygen atoms in total. The van der Waals surface area contributed by atoms with E-state index in [0.717, 1.165) is 5.69 Å². The maximum Gasteiger partial charge on any atom is 0.153 e. The van der Waals surface area contributed by atoms with E-state index < -0.39 is 0 Å². The number of aryl methyl sites for hydroxylation is 1. The minimum atomic E-state index is 0.541. The number of nitrogens with one attached hydrogen (secondary N) is 1. The molecular weight excluding hydrogens is 226 g/mol. The molecule has 0 spiro atoms. The Kier molecular flexibility index (Phi) is 3.67. The summed E-state index contributed by atoms with van der Waals surface area (Å²) >= 11 is 0. The quantitative estimate of drug-likeness (QED) is 0.866. The minimum Gasteiger partial charge on any atom is -0.494 e. The zero-order valence-corrected chi connectivity index (χ0v) is 10.6. The zero-order valence-electron chi connectivity index (χ0n) is 10.6. The lowest BCUT2D eigenvalue weighted by Gasteiger charge is -2.12. The highest BCUT2D eigenvalue weighted by Gasteiger charge is 2.08. The van der Waals surface area contributed by atoms with Crippen molar-refractivity contribution in [1.29, 1.82) is 0 Å². The molecule has 1 aromatic carbocycles. The van der Waals surface area contributed by atoms with Crippen LogP contribution in [0.15, 0.2) is 36.4 Å². The molecule has 0 radical (unpaired) electrons. The van der Waals surface area contributed by atoms with Crippen molar-refractivity contribution in [2.45, 2.75) is 13.5 Å². The van der Waals surface area contributed by atoms with Gasteiger partial charge in [-0.25, -0.2) is 4.98 Å². The van der Waals surface area contributed by atoms with Gasteiger partial charge in [-0.3, -0.25) is 0 Å². The molecule has 0 aliphatic heterocycles. The van der Waals surface area contributed by atoms with Gasteiger partial charge >= 0.3 is 0 Å². The summed E-state index contributed by atoms with van der Waals surface area (Å²) in [7, 11) is 1.60. The summed E-state index contributed by atoms with van der Waals surface area (Å²) in [6.07, 6.45) is 0. The Hall–Kier alpha value is -2.23. The molecule has 0 amide bonds. The number of hydrogen-bond acceptors (Lipinski definition) is 4. The standard InChI is InChI=1S/C14H17N3O/c1-10-8-12(18-2)13(15)14(17-10)16-9-11-6-4-3-5-7-11/h3-8H,9,15H2,1-2H3,(H,16,17). The lowest BCUT2D eigenvalue weighted by atomic mass is 10.2. The zero-order chi connectivity index (χ0) is 13.0. The number of methoxy groups -OCH3 is 1. The Bertz CT molecular complexity index is 526. The van der Waals surface area contributed by atoms with E-state index in [0.29, 0.717) is 23.8 Å². The van der Waals surface area contributed by atoms with Crippen LogP contribution in [0.3, 0.4) is 0 Å². The Morgan fingerprint density at radius 3 is 2.67 bits per heavy atom. The van der Waals surface area contributed by atoms with Crippen LogP contribution in [0.25, 0.3) is 0 Å². The predicted octanol–water partition coefficient (Wildman–Crippen LogP) is 2.59. The third kappa shape index (κ3) is 2.71. The van der Waals surface area contributed by atoms with E-state index in [4.69, 9.17) is 10.5 Å². The minimum absolute atomic E-state index is 0.541.